The number of hydrogen-bond acceptors (Lipinski definition) is 2. The predicted octanol–water partition coefficient (Wildman–Crippen LogP) is 2.49. The first-order valence-electron chi connectivity index (χ1n) is 5.60. The lowest BCUT2D eigenvalue weighted by molar-refractivity contribution is 0.782. The Morgan fingerprint density at radius 3 is 2.87 bits per heavy atom. The van der Waals surface area contributed by atoms with E-state index >= 15 is 0 Å². The zero-order valence-electron chi connectivity index (χ0n) is 9.46. The van der Waals surface area contributed by atoms with Crippen LogP contribution in [-0.2, 0) is 0 Å². The molecule has 15 heavy (non-hydrogen) atoms. The number of aliphatic imine (C=N–C) groups is 1. The molecule has 1 N–H and O–H groups in total. The van der Waals surface area contributed by atoms with Crippen LogP contribution in [0.2, 0.25) is 0 Å². The molecule has 0 fully saturated rings. The van der Waals surface area contributed by atoms with Crippen LogP contribution in [0.1, 0.15) is 30.4 Å². The van der Waals surface area contributed by atoms with E-state index < -0.39 is 0 Å². The normalized spacial score (nSPS) is 17.1. The summed E-state index contributed by atoms with van der Waals surface area (Å²) in [5.41, 5.74) is 2.82. The van der Waals surface area contributed by atoms with E-state index in [1.165, 1.54) is 17.0 Å². The Labute approximate surface area is 91.4 Å². The van der Waals surface area contributed by atoms with Gasteiger partial charge in [-0.3, -0.25) is 4.99 Å². The van der Waals surface area contributed by atoms with Gasteiger partial charge < -0.3 is 5.32 Å². The predicted molar refractivity (Wildman–Crippen MR) is 64.5 cm³/mol. The van der Waals surface area contributed by atoms with Crippen LogP contribution in [-0.4, -0.2) is 18.9 Å². The smallest absolute Gasteiger partial charge is 0.0970 e. The van der Waals surface area contributed by atoms with Crippen LogP contribution < -0.4 is 5.32 Å². The van der Waals surface area contributed by atoms with Crippen molar-refractivity contribution >= 4 is 5.84 Å². The first-order valence-corrected chi connectivity index (χ1v) is 5.60. The zero-order valence-corrected chi connectivity index (χ0v) is 9.46. The van der Waals surface area contributed by atoms with E-state index in [0.717, 1.165) is 19.5 Å². The number of amidine groups is 1. The van der Waals surface area contributed by atoms with Crippen LogP contribution in [0.15, 0.2) is 29.3 Å². The Morgan fingerprint density at radius 1 is 1.40 bits per heavy atom. The van der Waals surface area contributed by atoms with Crippen molar-refractivity contribution in [2.24, 2.45) is 4.99 Å². The molecule has 1 heterocycles. The number of rotatable bonds is 3. The SMILES string of the molecule is Cc1ccccc1C(C)CC1=NCCN1. The Balaban J connectivity index is 2.07. The van der Waals surface area contributed by atoms with E-state index in [1.807, 2.05) is 0 Å². The molecular formula is C13H18N2. The molecule has 1 aromatic rings. The van der Waals surface area contributed by atoms with E-state index in [0.29, 0.717) is 5.92 Å². The summed E-state index contributed by atoms with van der Waals surface area (Å²) in [5.74, 6) is 1.72. The Kier molecular flexibility index (Phi) is 3.05. The molecule has 1 aromatic carbocycles. The molecule has 0 spiro atoms. The Morgan fingerprint density at radius 2 is 2.20 bits per heavy atom. The molecule has 0 radical (unpaired) electrons. The van der Waals surface area contributed by atoms with Crippen molar-refractivity contribution < 1.29 is 0 Å². The van der Waals surface area contributed by atoms with Gasteiger partial charge in [0.1, 0.15) is 0 Å². The van der Waals surface area contributed by atoms with Gasteiger partial charge in [0, 0.05) is 13.0 Å². The molecular weight excluding hydrogens is 184 g/mol. The third kappa shape index (κ3) is 2.38. The minimum atomic E-state index is 0.551. The minimum absolute atomic E-state index is 0.551. The third-order valence-electron chi connectivity index (χ3n) is 2.96. The summed E-state index contributed by atoms with van der Waals surface area (Å²) in [6.07, 6.45) is 1.03. The fraction of sp³-hybridized carbons (Fsp3) is 0.462. The van der Waals surface area contributed by atoms with Crippen LogP contribution in [0.3, 0.4) is 0 Å². The largest absolute Gasteiger partial charge is 0.372 e. The zero-order chi connectivity index (χ0) is 10.7. The van der Waals surface area contributed by atoms with Crippen LogP contribution in [0.25, 0.3) is 0 Å². The second kappa shape index (κ2) is 4.47. The second-order valence-corrected chi connectivity index (χ2v) is 4.22. The van der Waals surface area contributed by atoms with Crippen LogP contribution in [0.5, 0.6) is 0 Å². The van der Waals surface area contributed by atoms with Gasteiger partial charge in [0.05, 0.1) is 12.4 Å². The lowest BCUT2D eigenvalue weighted by atomic mass is 9.93. The molecule has 0 amide bonds. The Hall–Kier alpha value is -1.31. The fourth-order valence-corrected chi connectivity index (χ4v) is 2.12. The standard InChI is InChI=1S/C13H18N2/c1-10-5-3-4-6-12(10)11(2)9-13-14-7-8-15-13/h3-6,11H,7-9H2,1-2H3,(H,14,15). The van der Waals surface area contributed by atoms with Gasteiger partial charge in [0.15, 0.2) is 0 Å². The van der Waals surface area contributed by atoms with Crippen molar-refractivity contribution in [3.05, 3.63) is 35.4 Å². The van der Waals surface area contributed by atoms with Gasteiger partial charge in [0.25, 0.3) is 0 Å². The van der Waals surface area contributed by atoms with Gasteiger partial charge in [-0.2, -0.15) is 0 Å². The highest BCUT2D eigenvalue weighted by molar-refractivity contribution is 5.84. The number of benzene rings is 1. The van der Waals surface area contributed by atoms with Crippen molar-refractivity contribution in [2.75, 3.05) is 13.1 Å². The summed E-state index contributed by atoms with van der Waals surface area (Å²) in [5, 5.41) is 3.33. The summed E-state index contributed by atoms with van der Waals surface area (Å²) in [6.45, 7) is 6.40. The first kappa shape index (κ1) is 10.2. The van der Waals surface area contributed by atoms with E-state index in [1.54, 1.807) is 0 Å². The molecule has 0 saturated carbocycles. The fourth-order valence-electron chi connectivity index (χ4n) is 2.12. The summed E-state index contributed by atoms with van der Waals surface area (Å²) < 4.78 is 0. The van der Waals surface area contributed by atoms with E-state index in [4.69, 9.17) is 0 Å². The highest BCUT2D eigenvalue weighted by atomic mass is 15.1. The number of nitrogens with one attached hydrogen (secondary N) is 1. The maximum atomic E-state index is 4.44. The molecule has 1 atom stereocenters. The molecule has 2 rings (SSSR count). The topological polar surface area (TPSA) is 24.4 Å². The maximum absolute atomic E-state index is 4.44. The molecule has 1 unspecified atom stereocenters. The summed E-state index contributed by atoms with van der Waals surface area (Å²) in [7, 11) is 0. The van der Waals surface area contributed by atoms with Crippen LogP contribution >= 0.6 is 0 Å². The maximum Gasteiger partial charge on any atom is 0.0970 e. The highest BCUT2D eigenvalue weighted by Gasteiger charge is 2.13. The molecule has 0 aromatic heterocycles. The van der Waals surface area contributed by atoms with Gasteiger partial charge in [-0.05, 0) is 24.0 Å². The lowest BCUT2D eigenvalue weighted by Crippen LogP contribution is -2.20. The molecule has 2 heteroatoms. The lowest BCUT2D eigenvalue weighted by Gasteiger charge is -2.14. The van der Waals surface area contributed by atoms with Crippen molar-refractivity contribution in [3.63, 3.8) is 0 Å². The van der Waals surface area contributed by atoms with Crippen molar-refractivity contribution in [1.82, 2.24) is 5.32 Å². The molecule has 1 aliphatic rings. The molecule has 0 aliphatic carbocycles. The molecule has 80 valence electrons. The van der Waals surface area contributed by atoms with Gasteiger partial charge in [-0.25, -0.2) is 0 Å². The number of hydrogen-bond donors (Lipinski definition) is 1. The monoisotopic (exact) mass is 202 g/mol. The van der Waals surface area contributed by atoms with E-state index in [2.05, 4.69) is 48.4 Å². The molecule has 1 aliphatic heterocycles. The average molecular weight is 202 g/mol. The molecule has 2 nitrogen and oxygen atoms in total. The van der Waals surface area contributed by atoms with Crippen LogP contribution in [0.4, 0.5) is 0 Å². The quantitative estimate of drug-likeness (QED) is 0.800. The summed E-state index contributed by atoms with van der Waals surface area (Å²) in [4.78, 5) is 4.44. The van der Waals surface area contributed by atoms with Gasteiger partial charge in [-0.1, -0.05) is 31.2 Å². The molecule has 0 saturated heterocycles. The third-order valence-corrected chi connectivity index (χ3v) is 2.96. The van der Waals surface area contributed by atoms with Crippen LogP contribution in [0, 0.1) is 6.92 Å². The van der Waals surface area contributed by atoms with Gasteiger partial charge in [0.2, 0.25) is 0 Å². The average Bonchev–Trinajstić information content (AvgIpc) is 2.71. The van der Waals surface area contributed by atoms with E-state index in [9.17, 15) is 0 Å². The van der Waals surface area contributed by atoms with Crippen molar-refractivity contribution in [2.45, 2.75) is 26.2 Å². The highest BCUT2D eigenvalue weighted by Crippen LogP contribution is 2.22. The summed E-state index contributed by atoms with van der Waals surface area (Å²) in [6, 6.07) is 8.60. The molecule has 0 bridgehead atoms. The summed E-state index contributed by atoms with van der Waals surface area (Å²) >= 11 is 0. The number of aryl methyl sites for hydroxylation is 1. The number of nitrogens with zero attached hydrogens (tertiary/aromatic N) is 1. The van der Waals surface area contributed by atoms with E-state index in [-0.39, 0.29) is 0 Å². The first-order chi connectivity index (χ1) is 7.27. The van der Waals surface area contributed by atoms with Crippen molar-refractivity contribution in [3.8, 4) is 0 Å². The van der Waals surface area contributed by atoms with Gasteiger partial charge >= 0.3 is 0 Å². The minimum Gasteiger partial charge on any atom is -0.372 e. The van der Waals surface area contributed by atoms with Gasteiger partial charge in [-0.15, -0.1) is 0 Å². The Bertz CT molecular complexity index is 369. The second-order valence-electron chi connectivity index (χ2n) is 4.22. The van der Waals surface area contributed by atoms with Crippen molar-refractivity contribution in [1.29, 1.82) is 0 Å².